The van der Waals surface area contributed by atoms with E-state index in [9.17, 15) is 22.8 Å². The van der Waals surface area contributed by atoms with E-state index in [1.165, 1.54) is 35.5 Å². The summed E-state index contributed by atoms with van der Waals surface area (Å²) in [6.07, 6.45) is 2.06. The molecule has 1 aromatic carbocycles. The minimum absolute atomic E-state index is 0.0851. The van der Waals surface area contributed by atoms with Crippen molar-refractivity contribution in [3.05, 3.63) is 61.0 Å². The van der Waals surface area contributed by atoms with Gasteiger partial charge in [0.15, 0.2) is 11.9 Å². The first kappa shape index (κ1) is 21.6. The fraction of sp³-hybridized carbons (Fsp3) is 0.333. The van der Waals surface area contributed by atoms with E-state index < -0.39 is 55.0 Å². The lowest BCUT2D eigenvalue weighted by Crippen LogP contribution is -2.55. The van der Waals surface area contributed by atoms with Gasteiger partial charge in [0.05, 0.1) is 0 Å². The number of hydrogen-bond donors (Lipinski definition) is 1. The van der Waals surface area contributed by atoms with Crippen LogP contribution in [0.5, 0.6) is 0 Å². The van der Waals surface area contributed by atoms with Crippen molar-refractivity contribution in [2.24, 2.45) is 0 Å². The molecular formula is C21H20F3N5O3. The van der Waals surface area contributed by atoms with Crippen molar-refractivity contribution in [2.45, 2.75) is 30.8 Å². The number of carbonyl (C=O) groups excluding carboxylic acids is 2. The van der Waals surface area contributed by atoms with Gasteiger partial charge in [-0.05, 0) is 30.8 Å². The Morgan fingerprint density at radius 1 is 1.25 bits per heavy atom. The third-order valence-corrected chi connectivity index (χ3v) is 5.18. The Morgan fingerprint density at radius 3 is 2.62 bits per heavy atom. The summed E-state index contributed by atoms with van der Waals surface area (Å²) >= 11 is 0. The molecule has 2 aliphatic rings. The molecule has 1 aromatic heterocycles. The highest BCUT2D eigenvalue weighted by molar-refractivity contribution is 6.03. The van der Waals surface area contributed by atoms with Crippen molar-refractivity contribution in [1.82, 2.24) is 15.3 Å². The van der Waals surface area contributed by atoms with Gasteiger partial charge in [0, 0.05) is 37.0 Å². The predicted molar refractivity (Wildman–Crippen MR) is 108 cm³/mol. The average Bonchev–Trinajstić information content (AvgIpc) is 3.12. The van der Waals surface area contributed by atoms with Gasteiger partial charge in [0.25, 0.3) is 11.8 Å². The number of rotatable bonds is 6. The number of aromatic nitrogens is 2. The minimum Gasteiger partial charge on any atom is -0.476 e. The molecule has 0 spiro atoms. The third kappa shape index (κ3) is 4.51. The molecule has 2 aromatic rings. The number of nitrogens with zero attached hydrogens (tertiary/aromatic N) is 4. The summed E-state index contributed by atoms with van der Waals surface area (Å²) in [7, 11) is 0. The van der Waals surface area contributed by atoms with Gasteiger partial charge in [-0.3, -0.25) is 14.5 Å². The molecule has 1 aliphatic carbocycles. The van der Waals surface area contributed by atoms with Gasteiger partial charge in [-0.1, -0.05) is 6.07 Å². The summed E-state index contributed by atoms with van der Waals surface area (Å²) in [6, 6.07) is 5.15. The molecule has 1 atom stereocenters. The maximum Gasteiger partial charge on any atom is 0.254 e. The second kappa shape index (κ2) is 8.48. The summed E-state index contributed by atoms with van der Waals surface area (Å²) in [5.41, 5.74) is 0.135. The fourth-order valence-electron chi connectivity index (χ4n) is 3.64. The van der Waals surface area contributed by atoms with Gasteiger partial charge in [0.1, 0.15) is 19.0 Å². The number of alkyl halides is 2. The lowest BCUT2D eigenvalue weighted by atomic mass is 9.88. The molecule has 1 saturated heterocycles. The standard InChI is InChI=1S/C21H20F3N5O3/c1-13-29(20-25-6-3-7-26-20)17(12-32-13)19(31)28(16-5-2-4-14(22)8-16)11-18(30)27-15-9-21(23,24)10-15/h2-8,15,17H,1,9-12H2,(H,27,30)/t17-/m0/s1. The quantitative estimate of drug-likeness (QED) is 0.731. The van der Waals surface area contributed by atoms with Crippen LogP contribution >= 0.6 is 0 Å². The summed E-state index contributed by atoms with van der Waals surface area (Å²) in [5.74, 6) is -4.30. The molecule has 0 radical (unpaired) electrons. The van der Waals surface area contributed by atoms with E-state index in [1.54, 1.807) is 6.07 Å². The highest BCUT2D eigenvalue weighted by Gasteiger charge is 2.46. The van der Waals surface area contributed by atoms with Gasteiger partial charge in [-0.15, -0.1) is 0 Å². The monoisotopic (exact) mass is 447 g/mol. The molecule has 168 valence electrons. The Bertz CT molecular complexity index is 1030. The van der Waals surface area contributed by atoms with E-state index in [4.69, 9.17) is 4.74 Å². The molecule has 1 aliphatic heterocycles. The maximum atomic E-state index is 13.9. The van der Waals surface area contributed by atoms with Gasteiger partial charge in [-0.25, -0.2) is 23.1 Å². The number of benzene rings is 1. The highest BCUT2D eigenvalue weighted by Crippen LogP contribution is 2.37. The number of amides is 2. The zero-order chi connectivity index (χ0) is 22.9. The van der Waals surface area contributed by atoms with Crippen LogP contribution in [-0.2, 0) is 14.3 Å². The van der Waals surface area contributed by atoms with E-state index in [0.717, 1.165) is 11.0 Å². The molecule has 0 bridgehead atoms. The largest absolute Gasteiger partial charge is 0.476 e. The molecular weight excluding hydrogens is 427 g/mol. The first-order valence-corrected chi connectivity index (χ1v) is 9.85. The van der Waals surface area contributed by atoms with E-state index in [2.05, 4.69) is 21.9 Å². The van der Waals surface area contributed by atoms with Crippen LogP contribution in [0.25, 0.3) is 0 Å². The van der Waals surface area contributed by atoms with Crippen molar-refractivity contribution < 1.29 is 27.5 Å². The van der Waals surface area contributed by atoms with Crippen LogP contribution < -0.4 is 15.1 Å². The number of anilines is 2. The van der Waals surface area contributed by atoms with Crippen molar-refractivity contribution in [3.8, 4) is 0 Å². The predicted octanol–water partition coefficient (Wildman–Crippen LogP) is 2.24. The summed E-state index contributed by atoms with van der Waals surface area (Å²) < 4.78 is 45.5. The Hall–Kier alpha value is -3.63. The van der Waals surface area contributed by atoms with Gasteiger partial charge < -0.3 is 15.0 Å². The maximum absolute atomic E-state index is 13.9. The number of ether oxygens (including phenoxy) is 1. The zero-order valence-corrected chi connectivity index (χ0v) is 16.9. The number of nitrogens with one attached hydrogen (secondary N) is 1. The van der Waals surface area contributed by atoms with E-state index in [0.29, 0.717) is 0 Å². The third-order valence-electron chi connectivity index (χ3n) is 5.18. The highest BCUT2D eigenvalue weighted by atomic mass is 19.3. The molecule has 32 heavy (non-hydrogen) atoms. The molecule has 11 heteroatoms. The zero-order valence-electron chi connectivity index (χ0n) is 16.9. The van der Waals surface area contributed by atoms with Crippen LogP contribution in [0.15, 0.2) is 55.2 Å². The first-order chi connectivity index (χ1) is 15.2. The summed E-state index contributed by atoms with van der Waals surface area (Å²) in [6.45, 7) is 3.19. The molecule has 1 saturated carbocycles. The van der Waals surface area contributed by atoms with Gasteiger partial charge >= 0.3 is 0 Å². The Balaban J connectivity index is 1.57. The van der Waals surface area contributed by atoms with Crippen molar-refractivity contribution in [3.63, 3.8) is 0 Å². The molecule has 2 fully saturated rings. The normalized spacial score (nSPS) is 19.8. The molecule has 8 nitrogen and oxygen atoms in total. The average molecular weight is 447 g/mol. The molecule has 4 rings (SSSR count). The molecule has 0 unspecified atom stereocenters. The topological polar surface area (TPSA) is 87.7 Å². The lowest BCUT2D eigenvalue weighted by molar-refractivity contribution is -0.130. The SMILES string of the molecule is C=C1OC[C@@H](C(=O)N(CC(=O)NC2CC(F)(F)C2)c2cccc(F)c2)N1c1ncccn1. The second-order valence-electron chi connectivity index (χ2n) is 7.57. The van der Waals surface area contributed by atoms with Gasteiger partial charge in [0.2, 0.25) is 11.9 Å². The first-order valence-electron chi connectivity index (χ1n) is 9.85. The van der Waals surface area contributed by atoms with Crippen LogP contribution in [0.4, 0.5) is 24.8 Å². The Kier molecular flexibility index (Phi) is 5.72. The van der Waals surface area contributed by atoms with Crippen molar-refractivity contribution in [1.29, 1.82) is 0 Å². The van der Waals surface area contributed by atoms with Crippen LogP contribution in [0.3, 0.4) is 0 Å². The Labute approximate surface area is 181 Å². The van der Waals surface area contributed by atoms with E-state index in [1.807, 2.05) is 0 Å². The van der Waals surface area contributed by atoms with E-state index >= 15 is 0 Å². The van der Waals surface area contributed by atoms with Crippen LogP contribution in [0.1, 0.15) is 12.8 Å². The van der Waals surface area contributed by atoms with Crippen LogP contribution in [0, 0.1) is 5.82 Å². The van der Waals surface area contributed by atoms with Crippen LogP contribution in [0.2, 0.25) is 0 Å². The summed E-state index contributed by atoms with van der Waals surface area (Å²) in [4.78, 5) is 36.7. The van der Waals surface area contributed by atoms with Crippen molar-refractivity contribution in [2.75, 3.05) is 23.0 Å². The number of hydrogen-bond acceptors (Lipinski definition) is 6. The minimum atomic E-state index is -2.80. The second-order valence-corrected chi connectivity index (χ2v) is 7.57. The smallest absolute Gasteiger partial charge is 0.254 e. The van der Waals surface area contributed by atoms with Crippen molar-refractivity contribution >= 4 is 23.5 Å². The molecule has 2 amide bonds. The van der Waals surface area contributed by atoms with Crippen LogP contribution in [-0.4, -0.2) is 52.9 Å². The van der Waals surface area contributed by atoms with Gasteiger partial charge in [-0.2, -0.15) is 0 Å². The molecule has 1 N–H and O–H groups in total. The Morgan fingerprint density at radius 2 is 1.97 bits per heavy atom. The summed E-state index contributed by atoms with van der Waals surface area (Å²) in [5, 5.41) is 2.49. The number of carbonyl (C=O) groups is 2. The molecule has 2 heterocycles. The number of halogens is 3. The van der Waals surface area contributed by atoms with E-state index in [-0.39, 0.29) is 24.1 Å². The lowest BCUT2D eigenvalue weighted by Gasteiger charge is -2.36. The fourth-order valence-corrected chi connectivity index (χ4v) is 3.64.